The Bertz CT molecular complexity index is 592. The molecule has 0 amide bonds. The highest BCUT2D eigenvalue weighted by Gasteiger charge is 2.18. The zero-order valence-electron chi connectivity index (χ0n) is 12.2. The van der Waals surface area contributed by atoms with Crippen LogP contribution in [0.4, 0.5) is 0 Å². The van der Waals surface area contributed by atoms with Gasteiger partial charge in [-0.15, -0.1) is 0 Å². The van der Waals surface area contributed by atoms with E-state index in [1.54, 1.807) is 0 Å². The van der Waals surface area contributed by atoms with Crippen LogP contribution in [0.5, 0.6) is 0 Å². The maximum Gasteiger partial charge on any atom is 0.0697 e. The Hall–Kier alpha value is -2.12. The third-order valence-electron chi connectivity index (χ3n) is 3.28. The van der Waals surface area contributed by atoms with Gasteiger partial charge in [-0.05, 0) is 32.9 Å². The van der Waals surface area contributed by atoms with Crippen molar-refractivity contribution in [2.45, 2.75) is 26.8 Å². The maximum atomic E-state index is 9.02. The Morgan fingerprint density at radius 2 is 2.05 bits per heavy atom. The van der Waals surface area contributed by atoms with Crippen molar-refractivity contribution in [2.75, 3.05) is 6.54 Å². The van der Waals surface area contributed by atoms with Gasteiger partial charge in [0.15, 0.2) is 0 Å². The molecule has 0 saturated carbocycles. The molecule has 0 fully saturated rings. The minimum atomic E-state index is -0.357. The van der Waals surface area contributed by atoms with E-state index < -0.39 is 0 Å². The zero-order chi connectivity index (χ0) is 14.6. The normalized spacial score (nSPS) is 12.9. The van der Waals surface area contributed by atoms with Crippen LogP contribution in [-0.2, 0) is 0 Å². The van der Waals surface area contributed by atoms with Gasteiger partial charge < -0.3 is 5.32 Å². The maximum absolute atomic E-state index is 9.02. The summed E-state index contributed by atoms with van der Waals surface area (Å²) in [6.07, 6.45) is 3.89. The SMILES string of the molecule is CC(NCC(C)(C)C#N)c1cnn(-c2ccccc2)c1. The van der Waals surface area contributed by atoms with E-state index in [2.05, 4.69) is 23.4 Å². The van der Waals surface area contributed by atoms with E-state index in [1.807, 2.05) is 61.3 Å². The van der Waals surface area contributed by atoms with Crippen LogP contribution in [0.2, 0.25) is 0 Å². The summed E-state index contributed by atoms with van der Waals surface area (Å²) < 4.78 is 1.86. The lowest BCUT2D eigenvalue weighted by molar-refractivity contribution is 0.415. The summed E-state index contributed by atoms with van der Waals surface area (Å²) in [5.74, 6) is 0. The summed E-state index contributed by atoms with van der Waals surface area (Å²) in [5.41, 5.74) is 1.80. The first kappa shape index (κ1) is 14.3. The first-order valence-electron chi connectivity index (χ1n) is 6.76. The molecule has 1 aromatic heterocycles. The molecule has 4 nitrogen and oxygen atoms in total. The van der Waals surface area contributed by atoms with Crippen LogP contribution < -0.4 is 5.32 Å². The molecule has 1 heterocycles. The molecule has 0 aliphatic rings. The molecule has 104 valence electrons. The van der Waals surface area contributed by atoms with Crippen LogP contribution in [0.1, 0.15) is 32.4 Å². The summed E-state index contributed by atoms with van der Waals surface area (Å²) in [6, 6.07) is 12.5. The molecular weight excluding hydrogens is 248 g/mol. The number of para-hydroxylation sites is 1. The molecule has 2 aromatic rings. The van der Waals surface area contributed by atoms with E-state index in [9.17, 15) is 0 Å². The molecule has 1 atom stereocenters. The van der Waals surface area contributed by atoms with Gasteiger partial charge in [-0.2, -0.15) is 10.4 Å². The molecule has 0 aliphatic carbocycles. The largest absolute Gasteiger partial charge is 0.309 e. The first-order valence-corrected chi connectivity index (χ1v) is 6.76. The fourth-order valence-electron chi connectivity index (χ4n) is 1.85. The lowest BCUT2D eigenvalue weighted by Crippen LogP contribution is -2.30. The molecule has 0 aliphatic heterocycles. The van der Waals surface area contributed by atoms with E-state index >= 15 is 0 Å². The molecule has 20 heavy (non-hydrogen) atoms. The molecule has 4 heteroatoms. The van der Waals surface area contributed by atoms with Crippen molar-refractivity contribution in [2.24, 2.45) is 5.41 Å². The van der Waals surface area contributed by atoms with Crippen LogP contribution >= 0.6 is 0 Å². The van der Waals surface area contributed by atoms with Gasteiger partial charge in [0.25, 0.3) is 0 Å². The molecule has 0 spiro atoms. The second kappa shape index (κ2) is 5.89. The molecule has 1 N–H and O–H groups in total. The monoisotopic (exact) mass is 268 g/mol. The third-order valence-corrected chi connectivity index (χ3v) is 3.28. The third kappa shape index (κ3) is 3.46. The number of nitrogens with zero attached hydrogens (tertiary/aromatic N) is 3. The lowest BCUT2D eigenvalue weighted by Gasteiger charge is -2.19. The van der Waals surface area contributed by atoms with Gasteiger partial charge >= 0.3 is 0 Å². The van der Waals surface area contributed by atoms with Crippen LogP contribution in [0.15, 0.2) is 42.7 Å². The summed E-state index contributed by atoms with van der Waals surface area (Å²) in [7, 11) is 0. The van der Waals surface area contributed by atoms with Crippen molar-refractivity contribution in [1.29, 1.82) is 5.26 Å². The van der Waals surface area contributed by atoms with Gasteiger partial charge in [-0.25, -0.2) is 4.68 Å². The summed E-state index contributed by atoms with van der Waals surface area (Å²) in [4.78, 5) is 0. The van der Waals surface area contributed by atoms with Crippen LogP contribution in [0.25, 0.3) is 5.69 Å². The lowest BCUT2D eigenvalue weighted by atomic mass is 9.95. The van der Waals surface area contributed by atoms with Crippen LogP contribution in [0, 0.1) is 16.7 Å². The van der Waals surface area contributed by atoms with Gasteiger partial charge in [0, 0.05) is 24.3 Å². The average molecular weight is 268 g/mol. The van der Waals surface area contributed by atoms with Crippen molar-refractivity contribution in [3.63, 3.8) is 0 Å². The summed E-state index contributed by atoms with van der Waals surface area (Å²) in [6.45, 7) is 6.60. The van der Waals surface area contributed by atoms with Crippen molar-refractivity contribution in [1.82, 2.24) is 15.1 Å². The highest BCUT2D eigenvalue weighted by Crippen LogP contribution is 2.17. The average Bonchev–Trinajstić information content (AvgIpc) is 2.96. The quantitative estimate of drug-likeness (QED) is 0.906. The number of hydrogen-bond donors (Lipinski definition) is 1. The number of nitriles is 1. The highest BCUT2D eigenvalue weighted by atomic mass is 15.3. The molecule has 2 rings (SSSR count). The predicted molar refractivity (Wildman–Crippen MR) is 79.4 cm³/mol. The second-order valence-electron chi connectivity index (χ2n) is 5.65. The van der Waals surface area contributed by atoms with E-state index in [0.29, 0.717) is 6.54 Å². The van der Waals surface area contributed by atoms with Gasteiger partial charge in [0.05, 0.1) is 23.4 Å². The van der Waals surface area contributed by atoms with Crippen molar-refractivity contribution in [3.05, 3.63) is 48.3 Å². The van der Waals surface area contributed by atoms with Crippen molar-refractivity contribution < 1.29 is 0 Å². The van der Waals surface area contributed by atoms with Gasteiger partial charge in [0.1, 0.15) is 0 Å². The minimum Gasteiger partial charge on any atom is -0.309 e. The van der Waals surface area contributed by atoms with E-state index in [4.69, 9.17) is 5.26 Å². The Kier molecular flexibility index (Phi) is 4.21. The van der Waals surface area contributed by atoms with Crippen molar-refractivity contribution in [3.8, 4) is 11.8 Å². The smallest absolute Gasteiger partial charge is 0.0697 e. The Balaban J connectivity index is 2.04. The van der Waals surface area contributed by atoms with E-state index in [0.717, 1.165) is 11.3 Å². The molecule has 1 aromatic carbocycles. The van der Waals surface area contributed by atoms with Crippen molar-refractivity contribution >= 4 is 0 Å². The summed E-state index contributed by atoms with van der Waals surface area (Å²) >= 11 is 0. The molecule has 1 unspecified atom stereocenters. The minimum absolute atomic E-state index is 0.167. The van der Waals surface area contributed by atoms with Gasteiger partial charge in [-0.1, -0.05) is 18.2 Å². The topological polar surface area (TPSA) is 53.6 Å². The fraction of sp³-hybridized carbons (Fsp3) is 0.375. The summed E-state index contributed by atoms with van der Waals surface area (Å²) in [5, 5.41) is 16.8. The predicted octanol–water partition coefficient (Wildman–Crippen LogP) is 3.07. The molecule has 0 radical (unpaired) electrons. The standard InChI is InChI=1S/C16H20N4/c1-13(18-12-16(2,3)11-17)14-9-19-20(10-14)15-7-5-4-6-8-15/h4-10,13,18H,12H2,1-3H3. The number of aromatic nitrogens is 2. The molecule has 0 bridgehead atoms. The van der Waals surface area contributed by atoms with Crippen LogP contribution in [-0.4, -0.2) is 16.3 Å². The zero-order valence-corrected chi connectivity index (χ0v) is 12.2. The van der Waals surface area contributed by atoms with Gasteiger partial charge in [-0.3, -0.25) is 0 Å². The second-order valence-corrected chi connectivity index (χ2v) is 5.65. The number of benzene rings is 1. The van der Waals surface area contributed by atoms with Crippen LogP contribution in [0.3, 0.4) is 0 Å². The number of rotatable bonds is 5. The Morgan fingerprint density at radius 3 is 2.70 bits per heavy atom. The fourth-order valence-corrected chi connectivity index (χ4v) is 1.85. The Labute approximate surface area is 120 Å². The van der Waals surface area contributed by atoms with Gasteiger partial charge in [0.2, 0.25) is 0 Å². The Morgan fingerprint density at radius 1 is 1.35 bits per heavy atom. The van der Waals surface area contributed by atoms with E-state index in [-0.39, 0.29) is 11.5 Å². The number of nitrogens with one attached hydrogen (secondary N) is 1. The first-order chi connectivity index (χ1) is 9.52. The highest BCUT2D eigenvalue weighted by molar-refractivity contribution is 5.31. The molecule has 0 saturated heterocycles. The van der Waals surface area contributed by atoms with E-state index in [1.165, 1.54) is 0 Å². The number of hydrogen-bond acceptors (Lipinski definition) is 3. The molecular formula is C16H20N4.